The van der Waals surface area contributed by atoms with Gasteiger partial charge >= 0.3 is 5.97 Å². The second kappa shape index (κ2) is 5.28. The number of hydrogen-bond donors (Lipinski definition) is 1. The maximum absolute atomic E-state index is 11.4. The maximum atomic E-state index is 11.4. The van der Waals surface area contributed by atoms with E-state index in [0.29, 0.717) is 21.5 Å². The van der Waals surface area contributed by atoms with Gasteiger partial charge in [-0.05, 0) is 25.0 Å². The molecular formula is C12H11BrClNO3. The Kier molecular flexibility index (Phi) is 3.92. The zero-order valence-electron chi connectivity index (χ0n) is 9.35. The van der Waals surface area contributed by atoms with Crippen LogP contribution in [0.5, 0.6) is 0 Å². The molecular weight excluding hydrogens is 321 g/mol. The molecule has 1 aromatic rings. The fourth-order valence-corrected chi connectivity index (χ4v) is 2.77. The van der Waals surface area contributed by atoms with E-state index in [1.54, 1.807) is 18.2 Å². The van der Waals surface area contributed by atoms with Crippen LogP contribution in [-0.4, -0.2) is 28.4 Å². The van der Waals surface area contributed by atoms with E-state index in [9.17, 15) is 14.7 Å². The summed E-state index contributed by atoms with van der Waals surface area (Å²) in [6.45, 7) is 0. The van der Waals surface area contributed by atoms with Gasteiger partial charge in [-0.15, -0.1) is 0 Å². The molecule has 1 amide bonds. The summed E-state index contributed by atoms with van der Waals surface area (Å²) in [4.78, 5) is 23.9. The fourth-order valence-electron chi connectivity index (χ4n) is 1.87. The van der Waals surface area contributed by atoms with Crippen LogP contribution in [0.15, 0.2) is 22.7 Å². The first kappa shape index (κ1) is 13.4. The average Bonchev–Trinajstić information content (AvgIpc) is 3.10. The van der Waals surface area contributed by atoms with Crippen molar-refractivity contribution in [3.05, 3.63) is 33.3 Å². The number of carbonyl (C=O) groups is 2. The number of carboxylic acid groups (broad SMARTS) is 1. The summed E-state index contributed by atoms with van der Waals surface area (Å²) in [6, 6.07) is 3.94. The van der Waals surface area contributed by atoms with Crippen molar-refractivity contribution in [3.8, 4) is 0 Å². The number of carboxylic acids is 1. The summed E-state index contributed by atoms with van der Waals surface area (Å²) in [6.07, 6.45) is 2.32. The molecule has 0 aliphatic heterocycles. The van der Waals surface area contributed by atoms with Crippen molar-refractivity contribution in [1.82, 2.24) is 4.90 Å². The first-order valence-corrected chi connectivity index (χ1v) is 6.62. The smallest absolute Gasteiger partial charge is 0.331 e. The number of carbonyl (C=O) groups excluding carboxylic acids is 1. The molecule has 0 bridgehead atoms. The van der Waals surface area contributed by atoms with Crippen molar-refractivity contribution in [2.75, 3.05) is 0 Å². The molecule has 0 radical (unpaired) electrons. The van der Waals surface area contributed by atoms with E-state index in [4.69, 9.17) is 11.6 Å². The number of amides is 1. The molecule has 0 saturated heterocycles. The van der Waals surface area contributed by atoms with Crippen LogP contribution in [0.4, 0.5) is 0 Å². The van der Waals surface area contributed by atoms with Crippen LogP contribution in [0, 0.1) is 0 Å². The minimum Gasteiger partial charge on any atom is -0.479 e. The fraction of sp³-hybridized carbons (Fsp3) is 0.333. The average molecular weight is 333 g/mol. The van der Waals surface area contributed by atoms with Crippen LogP contribution in [0.1, 0.15) is 24.4 Å². The lowest BCUT2D eigenvalue weighted by molar-refractivity contribution is -0.147. The quantitative estimate of drug-likeness (QED) is 0.844. The molecule has 96 valence electrons. The number of hydrogen-bond acceptors (Lipinski definition) is 2. The van der Waals surface area contributed by atoms with Crippen molar-refractivity contribution >= 4 is 39.9 Å². The first-order chi connectivity index (χ1) is 8.54. The molecule has 0 aromatic heterocycles. The van der Waals surface area contributed by atoms with Crippen LogP contribution in [0.25, 0.3) is 0 Å². The molecule has 1 N–H and O–H groups in total. The number of halogens is 2. The van der Waals surface area contributed by atoms with Gasteiger partial charge in [-0.1, -0.05) is 33.6 Å². The highest BCUT2D eigenvalue weighted by Gasteiger charge is 2.38. The molecule has 18 heavy (non-hydrogen) atoms. The van der Waals surface area contributed by atoms with Crippen molar-refractivity contribution in [1.29, 1.82) is 0 Å². The van der Waals surface area contributed by atoms with Gasteiger partial charge in [-0.25, -0.2) is 4.79 Å². The lowest BCUT2D eigenvalue weighted by atomic mass is 10.1. The third-order valence-corrected chi connectivity index (χ3v) is 3.80. The van der Waals surface area contributed by atoms with E-state index in [2.05, 4.69) is 15.9 Å². The summed E-state index contributed by atoms with van der Waals surface area (Å²) >= 11 is 9.12. The SMILES string of the molecule is O=CN(C1CC1)C(C(=O)O)c1ccc(Cl)cc1Br. The monoisotopic (exact) mass is 331 g/mol. The van der Waals surface area contributed by atoms with Gasteiger partial charge in [-0.3, -0.25) is 4.79 Å². The van der Waals surface area contributed by atoms with Gasteiger partial charge in [-0.2, -0.15) is 0 Å². The van der Waals surface area contributed by atoms with Gasteiger partial charge in [0, 0.05) is 21.1 Å². The zero-order chi connectivity index (χ0) is 13.3. The normalized spacial score (nSPS) is 16.1. The predicted molar refractivity (Wildman–Crippen MR) is 70.5 cm³/mol. The van der Waals surface area contributed by atoms with Crippen LogP contribution >= 0.6 is 27.5 Å². The Bertz CT molecular complexity index is 490. The lowest BCUT2D eigenvalue weighted by Crippen LogP contribution is -2.35. The zero-order valence-corrected chi connectivity index (χ0v) is 11.7. The summed E-state index contributed by atoms with van der Waals surface area (Å²) in [5, 5.41) is 9.86. The van der Waals surface area contributed by atoms with Crippen molar-refractivity contribution < 1.29 is 14.7 Å². The third-order valence-electron chi connectivity index (χ3n) is 2.88. The third kappa shape index (κ3) is 2.67. The Balaban J connectivity index is 2.40. The molecule has 6 heteroatoms. The van der Waals surface area contributed by atoms with Gasteiger partial charge in [0.05, 0.1) is 0 Å². The molecule has 1 fully saturated rings. The van der Waals surface area contributed by atoms with Crippen LogP contribution in [0.2, 0.25) is 5.02 Å². The highest BCUT2D eigenvalue weighted by atomic mass is 79.9. The molecule has 1 unspecified atom stereocenters. The molecule has 4 nitrogen and oxygen atoms in total. The molecule has 1 saturated carbocycles. The standard InChI is InChI=1S/C12H11BrClNO3/c13-10-5-7(14)1-4-9(10)11(12(17)18)15(6-16)8-2-3-8/h1,4-6,8,11H,2-3H2,(H,17,18). The predicted octanol–water partition coefficient (Wildman–Crippen LogP) is 2.85. The summed E-state index contributed by atoms with van der Waals surface area (Å²) in [5.41, 5.74) is 0.533. The Labute approximate surface area is 118 Å². The van der Waals surface area contributed by atoms with Crippen LogP contribution in [-0.2, 0) is 9.59 Å². The molecule has 0 heterocycles. The highest BCUT2D eigenvalue weighted by Crippen LogP contribution is 2.36. The summed E-state index contributed by atoms with van der Waals surface area (Å²) in [5.74, 6) is -1.04. The molecule has 2 rings (SSSR count). The second-order valence-corrected chi connectivity index (χ2v) is 5.48. The number of aliphatic carboxylic acids is 1. The van der Waals surface area contributed by atoms with Gasteiger partial charge < -0.3 is 10.0 Å². The Morgan fingerprint density at radius 1 is 1.56 bits per heavy atom. The molecule has 1 atom stereocenters. The first-order valence-electron chi connectivity index (χ1n) is 5.45. The van der Waals surface area contributed by atoms with Crippen molar-refractivity contribution in [3.63, 3.8) is 0 Å². The van der Waals surface area contributed by atoms with E-state index in [1.165, 1.54) is 4.90 Å². The highest BCUT2D eigenvalue weighted by molar-refractivity contribution is 9.10. The number of rotatable bonds is 5. The lowest BCUT2D eigenvalue weighted by Gasteiger charge is -2.26. The topological polar surface area (TPSA) is 57.6 Å². The van der Waals surface area contributed by atoms with E-state index in [1.807, 2.05) is 0 Å². The van der Waals surface area contributed by atoms with Gasteiger partial charge in [0.1, 0.15) is 0 Å². The summed E-state index contributed by atoms with van der Waals surface area (Å²) in [7, 11) is 0. The van der Waals surface area contributed by atoms with Gasteiger partial charge in [0.25, 0.3) is 0 Å². The Morgan fingerprint density at radius 3 is 2.67 bits per heavy atom. The van der Waals surface area contributed by atoms with E-state index in [0.717, 1.165) is 12.8 Å². The molecule has 1 aliphatic carbocycles. The minimum atomic E-state index is -1.04. The van der Waals surface area contributed by atoms with E-state index in [-0.39, 0.29) is 6.04 Å². The Hall–Kier alpha value is -1.07. The molecule has 1 aliphatic rings. The van der Waals surface area contributed by atoms with Crippen LogP contribution in [0.3, 0.4) is 0 Å². The van der Waals surface area contributed by atoms with Gasteiger partial charge in [0.15, 0.2) is 6.04 Å². The van der Waals surface area contributed by atoms with E-state index < -0.39 is 12.0 Å². The van der Waals surface area contributed by atoms with Crippen molar-refractivity contribution in [2.24, 2.45) is 0 Å². The molecule has 1 aromatic carbocycles. The maximum Gasteiger partial charge on any atom is 0.331 e. The van der Waals surface area contributed by atoms with E-state index >= 15 is 0 Å². The Morgan fingerprint density at radius 2 is 2.22 bits per heavy atom. The second-order valence-electron chi connectivity index (χ2n) is 4.19. The number of benzene rings is 1. The number of nitrogens with zero attached hydrogens (tertiary/aromatic N) is 1. The van der Waals surface area contributed by atoms with Crippen molar-refractivity contribution in [2.45, 2.75) is 24.9 Å². The van der Waals surface area contributed by atoms with Crippen LogP contribution < -0.4 is 0 Å². The minimum absolute atomic E-state index is 0.0335. The largest absolute Gasteiger partial charge is 0.479 e. The summed E-state index contributed by atoms with van der Waals surface area (Å²) < 4.78 is 0.593. The molecule has 0 spiro atoms. The van der Waals surface area contributed by atoms with Gasteiger partial charge in [0.2, 0.25) is 6.41 Å².